The van der Waals surface area contributed by atoms with E-state index in [1.165, 1.54) is 24.8 Å². The van der Waals surface area contributed by atoms with E-state index in [1.807, 2.05) is 12.1 Å². The fourth-order valence-electron chi connectivity index (χ4n) is 3.53. The van der Waals surface area contributed by atoms with E-state index in [-0.39, 0.29) is 0 Å². The lowest BCUT2D eigenvalue weighted by atomic mass is 9.90. The predicted octanol–water partition coefficient (Wildman–Crippen LogP) is 3.56. The Hall–Kier alpha value is -2.29. The van der Waals surface area contributed by atoms with E-state index in [9.17, 15) is 8.42 Å². The largest absolute Gasteiger partial charge is 0.292 e. The third-order valence-corrected chi connectivity index (χ3v) is 5.66. The summed E-state index contributed by atoms with van der Waals surface area (Å²) in [4.78, 5) is 2.44. The second-order valence-electron chi connectivity index (χ2n) is 7.51. The lowest BCUT2D eigenvalue weighted by molar-refractivity contribution is 0.203. The van der Waals surface area contributed by atoms with Crippen molar-refractivity contribution in [1.82, 2.24) is 4.90 Å². The Balaban J connectivity index is 1.38. The highest BCUT2D eigenvalue weighted by Gasteiger charge is 2.18. The topological polar surface area (TPSA) is 49.4 Å². The van der Waals surface area contributed by atoms with Gasteiger partial charge < -0.3 is 0 Å². The zero-order valence-corrected chi connectivity index (χ0v) is 17.2. The average molecular weight is 397 g/mol. The second kappa shape index (κ2) is 9.77. The molecule has 0 aromatic heterocycles. The number of likely N-dealkylation sites (tertiary alicyclic amines) is 1. The van der Waals surface area contributed by atoms with E-state index in [4.69, 9.17) is 0 Å². The average Bonchev–Trinajstić information content (AvgIpc) is 2.67. The SMILES string of the molecule is CS(=O)(=O)Nc1ccc(CC#CCN2CCC(Cc3ccccc3)CC2)cc1. The van der Waals surface area contributed by atoms with E-state index in [0.717, 1.165) is 37.4 Å². The molecule has 0 amide bonds. The number of benzene rings is 2. The van der Waals surface area contributed by atoms with Gasteiger partial charge in [-0.05, 0) is 61.5 Å². The van der Waals surface area contributed by atoms with Gasteiger partial charge in [0.1, 0.15) is 0 Å². The molecule has 0 radical (unpaired) electrons. The number of nitrogens with zero attached hydrogens (tertiary/aromatic N) is 1. The highest BCUT2D eigenvalue weighted by Crippen LogP contribution is 2.21. The lowest BCUT2D eigenvalue weighted by Crippen LogP contribution is -2.34. The summed E-state index contributed by atoms with van der Waals surface area (Å²) < 4.78 is 24.9. The van der Waals surface area contributed by atoms with Gasteiger partial charge in [0.15, 0.2) is 0 Å². The molecule has 1 N–H and O–H groups in total. The molecular formula is C23H28N2O2S. The summed E-state index contributed by atoms with van der Waals surface area (Å²) in [5, 5.41) is 0. The van der Waals surface area contributed by atoms with E-state index < -0.39 is 10.0 Å². The van der Waals surface area contributed by atoms with Crippen LogP contribution in [0.15, 0.2) is 54.6 Å². The molecule has 1 aliphatic rings. The molecule has 2 aromatic rings. The van der Waals surface area contributed by atoms with Gasteiger partial charge >= 0.3 is 0 Å². The summed E-state index contributed by atoms with van der Waals surface area (Å²) in [6, 6.07) is 18.1. The smallest absolute Gasteiger partial charge is 0.229 e. The van der Waals surface area contributed by atoms with Crippen molar-refractivity contribution >= 4 is 15.7 Å². The van der Waals surface area contributed by atoms with Crippen molar-refractivity contribution in [2.75, 3.05) is 30.6 Å². The fraction of sp³-hybridized carbons (Fsp3) is 0.391. The van der Waals surface area contributed by atoms with Crippen LogP contribution in [0.25, 0.3) is 0 Å². The van der Waals surface area contributed by atoms with Gasteiger partial charge in [-0.2, -0.15) is 0 Å². The highest BCUT2D eigenvalue weighted by atomic mass is 32.2. The molecule has 0 unspecified atom stereocenters. The van der Waals surface area contributed by atoms with E-state index in [1.54, 1.807) is 12.1 Å². The van der Waals surface area contributed by atoms with Crippen LogP contribution in [0, 0.1) is 17.8 Å². The molecule has 1 heterocycles. The van der Waals surface area contributed by atoms with Gasteiger partial charge in [0.05, 0.1) is 12.8 Å². The number of anilines is 1. The quantitative estimate of drug-likeness (QED) is 0.760. The van der Waals surface area contributed by atoms with Crippen LogP contribution in [-0.4, -0.2) is 39.2 Å². The number of hydrogen-bond donors (Lipinski definition) is 1. The molecule has 1 saturated heterocycles. The van der Waals surface area contributed by atoms with Crippen molar-refractivity contribution in [3.63, 3.8) is 0 Å². The summed E-state index contributed by atoms with van der Waals surface area (Å²) in [6.07, 6.45) is 5.50. The van der Waals surface area contributed by atoms with Crippen molar-refractivity contribution in [3.8, 4) is 11.8 Å². The third kappa shape index (κ3) is 7.03. The van der Waals surface area contributed by atoms with Crippen molar-refractivity contribution in [2.24, 2.45) is 5.92 Å². The van der Waals surface area contributed by atoms with Crippen LogP contribution in [0.1, 0.15) is 24.0 Å². The first-order chi connectivity index (χ1) is 13.5. The first-order valence-electron chi connectivity index (χ1n) is 9.77. The standard InChI is InChI=1S/C23H28N2O2S/c1-28(26,27)24-23-12-10-20(11-13-23)7-5-6-16-25-17-14-22(15-18-25)19-21-8-3-2-4-9-21/h2-4,8-13,22,24H,7,14-19H2,1H3. The Bertz CT molecular complexity index is 905. The molecule has 28 heavy (non-hydrogen) atoms. The van der Waals surface area contributed by atoms with Crippen molar-refractivity contribution < 1.29 is 8.42 Å². The van der Waals surface area contributed by atoms with Crippen LogP contribution >= 0.6 is 0 Å². The van der Waals surface area contributed by atoms with Crippen LogP contribution in [0.2, 0.25) is 0 Å². The van der Waals surface area contributed by atoms with Crippen molar-refractivity contribution in [1.29, 1.82) is 0 Å². The molecule has 3 rings (SSSR count). The van der Waals surface area contributed by atoms with Crippen LogP contribution < -0.4 is 4.72 Å². The molecule has 148 valence electrons. The molecule has 1 aliphatic heterocycles. The zero-order chi connectivity index (χ0) is 19.8. The molecule has 0 bridgehead atoms. The number of sulfonamides is 1. The van der Waals surface area contributed by atoms with Gasteiger partial charge in [-0.25, -0.2) is 8.42 Å². The maximum atomic E-state index is 11.2. The molecule has 0 saturated carbocycles. The number of rotatable bonds is 6. The minimum absolute atomic E-state index is 0.581. The Morgan fingerprint density at radius 1 is 0.964 bits per heavy atom. The monoisotopic (exact) mass is 396 g/mol. The van der Waals surface area contributed by atoms with Gasteiger partial charge in [0.25, 0.3) is 0 Å². The van der Waals surface area contributed by atoms with Gasteiger partial charge in [0.2, 0.25) is 10.0 Å². The second-order valence-corrected chi connectivity index (χ2v) is 9.26. The molecule has 0 spiro atoms. The first kappa shape index (κ1) is 20.4. The van der Waals surface area contributed by atoms with E-state index >= 15 is 0 Å². The Kier molecular flexibility index (Phi) is 7.13. The van der Waals surface area contributed by atoms with Gasteiger partial charge in [-0.3, -0.25) is 9.62 Å². The van der Waals surface area contributed by atoms with E-state index in [2.05, 4.69) is 51.8 Å². The molecule has 0 atom stereocenters. The molecule has 4 nitrogen and oxygen atoms in total. The Morgan fingerprint density at radius 3 is 2.29 bits per heavy atom. The van der Waals surface area contributed by atoms with Crippen LogP contribution in [-0.2, 0) is 22.9 Å². The first-order valence-corrected chi connectivity index (χ1v) is 11.7. The van der Waals surface area contributed by atoms with Crippen LogP contribution in [0.4, 0.5) is 5.69 Å². The highest BCUT2D eigenvalue weighted by molar-refractivity contribution is 7.92. The predicted molar refractivity (Wildman–Crippen MR) is 116 cm³/mol. The van der Waals surface area contributed by atoms with Gasteiger partial charge in [-0.1, -0.05) is 54.3 Å². The molecular weight excluding hydrogens is 368 g/mol. The third-order valence-electron chi connectivity index (χ3n) is 5.05. The minimum atomic E-state index is -3.23. The number of nitrogens with one attached hydrogen (secondary N) is 1. The zero-order valence-electron chi connectivity index (χ0n) is 16.4. The summed E-state index contributed by atoms with van der Waals surface area (Å²) in [7, 11) is -3.23. The van der Waals surface area contributed by atoms with Gasteiger partial charge in [-0.15, -0.1) is 0 Å². The summed E-state index contributed by atoms with van der Waals surface area (Å²) >= 11 is 0. The number of hydrogen-bond acceptors (Lipinski definition) is 3. The summed E-state index contributed by atoms with van der Waals surface area (Å²) in [5.74, 6) is 7.31. The Labute approximate surface area is 169 Å². The lowest BCUT2D eigenvalue weighted by Gasteiger charge is -2.30. The van der Waals surface area contributed by atoms with E-state index in [0.29, 0.717) is 12.1 Å². The fourth-order valence-corrected chi connectivity index (χ4v) is 4.10. The maximum absolute atomic E-state index is 11.2. The van der Waals surface area contributed by atoms with Crippen molar-refractivity contribution in [3.05, 3.63) is 65.7 Å². The normalized spacial score (nSPS) is 15.6. The molecule has 0 aliphatic carbocycles. The van der Waals surface area contributed by atoms with Crippen molar-refractivity contribution in [2.45, 2.75) is 25.7 Å². The summed E-state index contributed by atoms with van der Waals surface area (Å²) in [5.41, 5.74) is 3.11. The minimum Gasteiger partial charge on any atom is -0.292 e. The molecule has 1 fully saturated rings. The molecule has 5 heteroatoms. The van der Waals surface area contributed by atoms with Gasteiger partial charge in [0, 0.05) is 12.1 Å². The van der Waals surface area contributed by atoms with Crippen LogP contribution in [0.5, 0.6) is 0 Å². The maximum Gasteiger partial charge on any atom is 0.229 e. The van der Waals surface area contributed by atoms with Crippen LogP contribution in [0.3, 0.4) is 0 Å². The summed E-state index contributed by atoms with van der Waals surface area (Å²) in [6.45, 7) is 3.07. The number of piperidine rings is 1. The molecule has 2 aromatic carbocycles. The Morgan fingerprint density at radius 2 is 1.64 bits per heavy atom.